The minimum absolute atomic E-state index is 0.00801. The van der Waals surface area contributed by atoms with Crippen molar-refractivity contribution in [2.24, 2.45) is 12.0 Å². The molecular weight excluding hydrogens is 420 g/mol. The summed E-state index contributed by atoms with van der Waals surface area (Å²) >= 11 is 3.53. The Morgan fingerprint density at radius 2 is 2.07 bits per heavy atom. The molecule has 1 aliphatic carbocycles. The molecule has 2 N–H and O–H groups in total. The lowest BCUT2D eigenvalue weighted by atomic mass is 10.2. The van der Waals surface area contributed by atoms with Crippen molar-refractivity contribution in [1.29, 1.82) is 0 Å². The fourth-order valence-corrected chi connectivity index (χ4v) is 3.57. The Labute approximate surface area is 175 Å². The van der Waals surface area contributed by atoms with Gasteiger partial charge in [-0.2, -0.15) is 0 Å². The lowest BCUT2D eigenvalue weighted by Crippen LogP contribution is -2.45. The summed E-state index contributed by atoms with van der Waals surface area (Å²) in [5.41, 5.74) is 0. The maximum atomic E-state index is 6.03. The molecule has 1 heterocycles. The van der Waals surface area contributed by atoms with Crippen LogP contribution in [-0.4, -0.2) is 39.4 Å². The van der Waals surface area contributed by atoms with Crippen LogP contribution in [0.5, 0.6) is 5.75 Å². The van der Waals surface area contributed by atoms with Crippen LogP contribution >= 0.6 is 15.9 Å². The zero-order valence-electron chi connectivity index (χ0n) is 16.8. The highest BCUT2D eigenvalue weighted by molar-refractivity contribution is 9.10. The van der Waals surface area contributed by atoms with Gasteiger partial charge in [0.2, 0.25) is 0 Å². The van der Waals surface area contributed by atoms with Gasteiger partial charge in [-0.25, -0.2) is 4.99 Å². The smallest absolute Gasteiger partial charge is 0.192 e. The molecule has 152 valence electrons. The third kappa shape index (κ3) is 5.70. The number of aliphatic imine (C=N–C) groups is 1. The van der Waals surface area contributed by atoms with Gasteiger partial charge in [-0.3, -0.25) is 0 Å². The molecule has 1 unspecified atom stereocenters. The van der Waals surface area contributed by atoms with Crippen LogP contribution in [0.2, 0.25) is 0 Å². The zero-order valence-corrected chi connectivity index (χ0v) is 18.4. The van der Waals surface area contributed by atoms with Gasteiger partial charge in [0, 0.05) is 13.1 Å². The lowest BCUT2D eigenvalue weighted by Gasteiger charge is -2.21. The molecule has 8 heteroatoms. The van der Waals surface area contributed by atoms with Crippen LogP contribution < -0.4 is 15.4 Å². The molecule has 7 nitrogen and oxygen atoms in total. The monoisotopic (exact) mass is 448 g/mol. The summed E-state index contributed by atoms with van der Waals surface area (Å²) in [7, 11) is 1.96. The van der Waals surface area contributed by atoms with Gasteiger partial charge in [-0.15, -0.1) is 10.2 Å². The summed E-state index contributed by atoms with van der Waals surface area (Å²) < 4.78 is 8.96. The second-order valence-corrected chi connectivity index (χ2v) is 8.11. The first kappa shape index (κ1) is 20.6. The average molecular weight is 449 g/mol. The fourth-order valence-electron chi connectivity index (χ4n) is 3.19. The number of halogens is 1. The topological polar surface area (TPSA) is 76.4 Å². The molecule has 1 aromatic carbocycles. The Bertz CT molecular complexity index is 800. The van der Waals surface area contributed by atoms with Crippen molar-refractivity contribution in [2.75, 3.05) is 6.54 Å². The van der Waals surface area contributed by atoms with Crippen LogP contribution in [0.1, 0.15) is 44.3 Å². The van der Waals surface area contributed by atoms with E-state index in [9.17, 15) is 0 Å². The van der Waals surface area contributed by atoms with E-state index in [4.69, 9.17) is 9.73 Å². The molecule has 0 aliphatic heterocycles. The van der Waals surface area contributed by atoms with Gasteiger partial charge in [-0.05, 0) is 54.8 Å². The molecule has 1 atom stereocenters. The van der Waals surface area contributed by atoms with Crippen molar-refractivity contribution in [3.63, 3.8) is 0 Å². The van der Waals surface area contributed by atoms with E-state index in [-0.39, 0.29) is 6.10 Å². The molecule has 1 saturated carbocycles. The molecule has 0 saturated heterocycles. The van der Waals surface area contributed by atoms with E-state index in [1.807, 2.05) is 49.7 Å². The highest BCUT2D eigenvalue weighted by Gasteiger charge is 2.17. The van der Waals surface area contributed by atoms with Gasteiger partial charge < -0.3 is 19.9 Å². The molecule has 0 spiro atoms. The van der Waals surface area contributed by atoms with Gasteiger partial charge in [0.25, 0.3) is 0 Å². The van der Waals surface area contributed by atoms with Crippen molar-refractivity contribution in [2.45, 2.75) is 58.2 Å². The fraction of sp³-hybridized carbons (Fsp3) is 0.550. The summed E-state index contributed by atoms with van der Waals surface area (Å²) in [6.45, 7) is 5.12. The standard InChI is InChI=1S/C20H29BrN6O/c1-14(28-18-11-7-6-10-17(18)21)12-22-20(24-16-8-4-5-9-16)23-13-19-26-25-15(2)27(19)3/h6-7,10-11,14,16H,4-5,8-9,12-13H2,1-3H3,(H2,22,23,24). The van der Waals surface area contributed by atoms with Crippen molar-refractivity contribution >= 4 is 21.9 Å². The number of hydrogen-bond acceptors (Lipinski definition) is 4. The van der Waals surface area contributed by atoms with E-state index in [1.54, 1.807) is 0 Å². The number of ether oxygens (including phenoxy) is 1. The van der Waals surface area contributed by atoms with Crippen molar-refractivity contribution < 1.29 is 4.74 Å². The van der Waals surface area contributed by atoms with Crippen LogP contribution in [0, 0.1) is 6.92 Å². The molecule has 0 amide bonds. The van der Waals surface area contributed by atoms with Gasteiger partial charge in [0.1, 0.15) is 24.2 Å². The van der Waals surface area contributed by atoms with Crippen LogP contribution in [0.15, 0.2) is 33.7 Å². The molecule has 3 rings (SSSR count). The van der Waals surface area contributed by atoms with Crippen molar-refractivity contribution in [3.8, 4) is 5.75 Å². The van der Waals surface area contributed by atoms with E-state index < -0.39 is 0 Å². The Hall–Kier alpha value is -2.09. The first-order chi connectivity index (χ1) is 13.5. The number of guanidine groups is 1. The minimum Gasteiger partial charge on any atom is -0.488 e. The zero-order chi connectivity index (χ0) is 19.9. The summed E-state index contributed by atoms with van der Waals surface area (Å²) in [6, 6.07) is 8.37. The number of aryl methyl sites for hydroxylation is 1. The number of rotatable bonds is 7. The predicted molar refractivity (Wildman–Crippen MR) is 115 cm³/mol. The summed E-state index contributed by atoms with van der Waals surface area (Å²) in [4.78, 5) is 4.73. The van der Waals surface area contributed by atoms with Gasteiger partial charge in [0.15, 0.2) is 11.8 Å². The molecule has 1 aromatic heterocycles. The van der Waals surface area contributed by atoms with Crippen LogP contribution in [0.3, 0.4) is 0 Å². The maximum absolute atomic E-state index is 6.03. The number of aromatic nitrogens is 3. The Balaban J connectivity index is 1.60. The predicted octanol–water partition coefficient (Wildman–Crippen LogP) is 3.33. The number of benzene rings is 1. The normalized spacial score (nSPS) is 16.2. The van der Waals surface area contributed by atoms with Crippen molar-refractivity contribution in [1.82, 2.24) is 25.4 Å². The second kappa shape index (κ2) is 9.91. The van der Waals surface area contributed by atoms with Crippen molar-refractivity contribution in [3.05, 3.63) is 40.4 Å². The summed E-state index contributed by atoms with van der Waals surface area (Å²) in [6.07, 6.45) is 4.91. The Kier molecular flexibility index (Phi) is 7.30. The first-order valence-electron chi connectivity index (χ1n) is 9.84. The maximum Gasteiger partial charge on any atom is 0.192 e. The van der Waals surface area contributed by atoms with E-state index >= 15 is 0 Å². The minimum atomic E-state index is -0.00801. The quantitative estimate of drug-likeness (QED) is 0.501. The number of nitrogens with one attached hydrogen (secondary N) is 2. The largest absolute Gasteiger partial charge is 0.488 e. The molecular formula is C20H29BrN6O. The molecule has 1 aliphatic rings. The third-order valence-corrected chi connectivity index (χ3v) is 5.63. The van der Waals surface area contributed by atoms with E-state index in [2.05, 4.69) is 36.8 Å². The van der Waals surface area contributed by atoms with E-state index in [0.29, 0.717) is 19.1 Å². The highest BCUT2D eigenvalue weighted by atomic mass is 79.9. The summed E-state index contributed by atoms with van der Waals surface area (Å²) in [5.74, 6) is 3.38. The molecule has 2 aromatic rings. The third-order valence-electron chi connectivity index (χ3n) is 4.98. The van der Waals surface area contributed by atoms with E-state index in [1.165, 1.54) is 25.7 Å². The number of nitrogens with zero attached hydrogens (tertiary/aromatic N) is 4. The number of hydrogen-bond donors (Lipinski definition) is 2. The van der Waals surface area contributed by atoms with Crippen LogP contribution in [0.4, 0.5) is 0 Å². The molecule has 0 bridgehead atoms. The molecule has 28 heavy (non-hydrogen) atoms. The first-order valence-corrected chi connectivity index (χ1v) is 10.6. The molecule has 0 radical (unpaired) electrons. The summed E-state index contributed by atoms with van der Waals surface area (Å²) in [5, 5.41) is 15.3. The SMILES string of the molecule is Cc1nnc(CN=C(NCC(C)Oc2ccccc2Br)NC2CCCC2)n1C. The van der Waals surface area contributed by atoms with Gasteiger partial charge in [-0.1, -0.05) is 25.0 Å². The lowest BCUT2D eigenvalue weighted by molar-refractivity contribution is 0.222. The Morgan fingerprint density at radius 1 is 1.32 bits per heavy atom. The molecule has 1 fully saturated rings. The highest BCUT2D eigenvalue weighted by Crippen LogP contribution is 2.24. The van der Waals surface area contributed by atoms with E-state index in [0.717, 1.165) is 27.8 Å². The van der Waals surface area contributed by atoms with Crippen LogP contribution in [0.25, 0.3) is 0 Å². The number of para-hydroxylation sites is 1. The average Bonchev–Trinajstić information content (AvgIpc) is 3.30. The second-order valence-electron chi connectivity index (χ2n) is 7.25. The Morgan fingerprint density at radius 3 is 2.75 bits per heavy atom. The van der Waals surface area contributed by atoms with Gasteiger partial charge >= 0.3 is 0 Å². The van der Waals surface area contributed by atoms with Crippen LogP contribution in [-0.2, 0) is 13.6 Å². The van der Waals surface area contributed by atoms with Gasteiger partial charge in [0.05, 0.1) is 11.0 Å².